The predicted molar refractivity (Wildman–Crippen MR) is 97.5 cm³/mol. The molecule has 136 valence electrons. The Morgan fingerprint density at radius 2 is 1.68 bits per heavy atom. The molecule has 1 aliphatic carbocycles. The highest BCUT2D eigenvalue weighted by Gasteiger charge is 2.33. The van der Waals surface area contributed by atoms with Gasteiger partial charge < -0.3 is 15.4 Å². The zero-order valence-electron chi connectivity index (χ0n) is 15.2. The van der Waals surface area contributed by atoms with Crippen LogP contribution in [0.5, 0.6) is 0 Å². The van der Waals surface area contributed by atoms with Crippen molar-refractivity contribution in [2.45, 2.75) is 58.5 Å². The molecule has 0 spiro atoms. The Labute approximate surface area is 149 Å². The molecule has 0 aliphatic heterocycles. The first-order valence-corrected chi connectivity index (χ1v) is 8.94. The fourth-order valence-electron chi connectivity index (χ4n) is 3.25. The predicted octanol–water partition coefficient (Wildman–Crippen LogP) is 3.34. The van der Waals surface area contributed by atoms with Gasteiger partial charge in [-0.3, -0.25) is 4.79 Å². The van der Waals surface area contributed by atoms with Gasteiger partial charge in [-0.1, -0.05) is 63.9 Å². The number of hydrogen-bond donors (Lipinski definition) is 2. The highest BCUT2D eigenvalue weighted by atomic mass is 16.2. The maximum Gasteiger partial charge on any atom is 0.315 e. The van der Waals surface area contributed by atoms with Gasteiger partial charge in [-0.2, -0.15) is 0 Å². The van der Waals surface area contributed by atoms with E-state index in [0.717, 1.165) is 32.0 Å². The molecule has 5 heteroatoms. The molecule has 0 bridgehead atoms. The van der Waals surface area contributed by atoms with Crippen molar-refractivity contribution < 1.29 is 14.4 Å². The number of Topliss-reactive ketones (excluding diaryl/α,β-unsaturated/α-hetero) is 1. The van der Waals surface area contributed by atoms with Crippen LogP contribution in [0.25, 0.3) is 0 Å². The van der Waals surface area contributed by atoms with Crippen LogP contribution in [0.15, 0.2) is 30.3 Å². The molecule has 0 heterocycles. The largest absolute Gasteiger partial charge is 0.328 e. The van der Waals surface area contributed by atoms with Crippen LogP contribution in [0.2, 0.25) is 0 Å². The molecule has 2 unspecified atom stereocenters. The van der Waals surface area contributed by atoms with Crippen molar-refractivity contribution in [3.05, 3.63) is 35.9 Å². The van der Waals surface area contributed by atoms with Crippen molar-refractivity contribution in [2.24, 2.45) is 11.3 Å². The number of hydrogen-bond acceptors (Lipinski definition) is 3. The fraction of sp³-hybridized carbons (Fsp3) is 0.550. The summed E-state index contributed by atoms with van der Waals surface area (Å²) < 4.78 is 0. The number of carbonyl (C=O) groups is 3. The van der Waals surface area contributed by atoms with E-state index in [9.17, 15) is 14.4 Å². The lowest BCUT2D eigenvalue weighted by Gasteiger charge is -2.29. The summed E-state index contributed by atoms with van der Waals surface area (Å²) in [4.78, 5) is 36.6. The van der Waals surface area contributed by atoms with Gasteiger partial charge in [0.25, 0.3) is 0 Å². The maximum absolute atomic E-state index is 12.9. The number of urea groups is 1. The topological polar surface area (TPSA) is 75.3 Å². The van der Waals surface area contributed by atoms with Crippen LogP contribution in [0.4, 0.5) is 4.79 Å². The van der Waals surface area contributed by atoms with Gasteiger partial charge in [0.2, 0.25) is 0 Å². The minimum Gasteiger partial charge on any atom is -0.328 e. The highest BCUT2D eigenvalue weighted by Crippen LogP contribution is 2.29. The van der Waals surface area contributed by atoms with Crippen LogP contribution < -0.4 is 10.6 Å². The van der Waals surface area contributed by atoms with E-state index in [2.05, 4.69) is 10.6 Å². The first-order valence-electron chi connectivity index (χ1n) is 8.94. The lowest BCUT2D eigenvalue weighted by atomic mass is 9.87. The van der Waals surface area contributed by atoms with E-state index in [1.807, 2.05) is 39.0 Å². The standard InChI is InChI=1S/C20H28N2O3/c1-20(2,3)16(13-23)21-19(25)22-17(14-9-7-8-10-14)18(24)15-11-5-4-6-12-15/h4-6,11-14,16-17H,7-10H2,1-3H3,(H2,21,22,25). The lowest BCUT2D eigenvalue weighted by Crippen LogP contribution is -2.54. The fourth-order valence-corrected chi connectivity index (χ4v) is 3.25. The molecule has 5 nitrogen and oxygen atoms in total. The number of nitrogens with one attached hydrogen (secondary N) is 2. The average Bonchev–Trinajstić information content (AvgIpc) is 3.11. The van der Waals surface area contributed by atoms with E-state index < -0.39 is 18.1 Å². The van der Waals surface area contributed by atoms with Crippen molar-refractivity contribution in [3.8, 4) is 0 Å². The number of benzene rings is 1. The number of rotatable bonds is 6. The first kappa shape index (κ1) is 19.2. The van der Waals surface area contributed by atoms with Gasteiger partial charge in [-0.15, -0.1) is 0 Å². The van der Waals surface area contributed by atoms with Gasteiger partial charge in [0.1, 0.15) is 6.29 Å². The second-order valence-electron chi connectivity index (χ2n) is 7.85. The Hall–Kier alpha value is -2.17. The summed E-state index contributed by atoms with van der Waals surface area (Å²) in [6.45, 7) is 5.65. The molecule has 2 rings (SSSR count). The first-order chi connectivity index (χ1) is 11.8. The number of aldehydes is 1. The molecule has 1 aliphatic rings. The molecule has 1 saturated carbocycles. The Morgan fingerprint density at radius 1 is 1.08 bits per heavy atom. The molecule has 1 aromatic carbocycles. The summed E-state index contributed by atoms with van der Waals surface area (Å²) in [5.41, 5.74) is 0.216. The molecule has 0 saturated heterocycles. The minimum absolute atomic E-state index is 0.0685. The Bertz CT molecular complexity index is 601. The Balaban J connectivity index is 2.12. The van der Waals surface area contributed by atoms with Gasteiger partial charge in [0.05, 0.1) is 12.1 Å². The third-order valence-electron chi connectivity index (χ3n) is 4.85. The van der Waals surface area contributed by atoms with E-state index in [0.29, 0.717) is 5.56 Å². The molecular formula is C20H28N2O3. The van der Waals surface area contributed by atoms with Gasteiger partial charge in [0.15, 0.2) is 5.78 Å². The van der Waals surface area contributed by atoms with E-state index in [1.165, 1.54) is 0 Å². The van der Waals surface area contributed by atoms with Crippen molar-refractivity contribution in [1.29, 1.82) is 0 Å². The van der Waals surface area contributed by atoms with Gasteiger partial charge in [0, 0.05) is 5.56 Å². The summed E-state index contributed by atoms with van der Waals surface area (Å²) in [7, 11) is 0. The normalized spacial score (nSPS) is 17.6. The highest BCUT2D eigenvalue weighted by molar-refractivity contribution is 6.02. The van der Waals surface area contributed by atoms with Gasteiger partial charge in [-0.05, 0) is 24.2 Å². The van der Waals surface area contributed by atoms with Crippen molar-refractivity contribution >= 4 is 18.1 Å². The van der Waals surface area contributed by atoms with Crippen LogP contribution >= 0.6 is 0 Å². The third-order valence-corrected chi connectivity index (χ3v) is 4.85. The Kier molecular flexibility index (Phi) is 6.34. The molecule has 2 amide bonds. The molecule has 0 aromatic heterocycles. The average molecular weight is 344 g/mol. The second kappa shape index (κ2) is 8.28. The van der Waals surface area contributed by atoms with Crippen LogP contribution in [-0.2, 0) is 4.79 Å². The van der Waals surface area contributed by atoms with E-state index in [1.54, 1.807) is 12.1 Å². The number of amides is 2. The molecule has 1 fully saturated rings. The molecule has 0 radical (unpaired) electrons. The van der Waals surface area contributed by atoms with E-state index in [-0.39, 0.29) is 17.1 Å². The molecule has 2 N–H and O–H groups in total. The van der Waals surface area contributed by atoms with Gasteiger partial charge in [-0.25, -0.2) is 4.79 Å². The molecule has 2 atom stereocenters. The lowest BCUT2D eigenvalue weighted by molar-refractivity contribution is -0.111. The number of carbonyl (C=O) groups excluding carboxylic acids is 3. The summed E-state index contributed by atoms with van der Waals surface area (Å²) in [6, 6.07) is 7.41. The van der Waals surface area contributed by atoms with Crippen LogP contribution in [-0.4, -0.2) is 30.2 Å². The molecule has 25 heavy (non-hydrogen) atoms. The monoisotopic (exact) mass is 344 g/mol. The van der Waals surface area contributed by atoms with Crippen molar-refractivity contribution in [3.63, 3.8) is 0 Å². The zero-order chi connectivity index (χ0) is 18.4. The minimum atomic E-state index is -0.608. The van der Waals surface area contributed by atoms with Crippen molar-refractivity contribution in [2.75, 3.05) is 0 Å². The SMILES string of the molecule is CC(C)(C)C(C=O)NC(=O)NC(C(=O)c1ccccc1)C1CCCC1. The summed E-state index contributed by atoms with van der Waals surface area (Å²) in [5.74, 6) is 0.0730. The van der Waals surface area contributed by atoms with Crippen LogP contribution in [0.1, 0.15) is 56.8 Å². The summed E-state index contributed by atoms with van der Waals surface area (Å²) in [5, 5.41) is 5.53. The maximum atomic E-state index is 12.9. The summed E-state index contributed by atoms with van der Waals surface area (Å²) >= 11 is 0. The second-order valence-corrected chi connectivity index (χ2v) is 7.85. The Morgan fingerprint density at radius 3 is 2.20 bits per heavy atom. The quantitative estimate of drug-likeness (QED) is 0.614. The third kappa shape index (κ3) is 5.15. The zero-order valence-corrected chi connectivity index (χ0v) is 15.2. The molecular weight excluding hydrogens is 316 g/mol. The van der Waals surface area contributed by atoms with Crippen LogP contribution in [0, 0.1) is 11.3 Å². The smallest absolute Gasteiger partial charge is 0.315 e. The van der Waals surface area contributed by atoms with E-state index >= 15 is 0 Å². The van der Waals surface area contributed by atoms with Crippen molar-refractivity contribution in [1.82, 2.24) is 10.6 Å². The van der Waals surface area contributed by atoms with Gasteiger partial charge >= 0.3 is 6.03 Å². The molecule has 1 aromatic rings. The van der Waals surface area contributed by atoms with Crippen LogP contribution in [0.3, 0.4) is 0 Å². The number of ketones is 1. The van der Waals surface area contributed by atoms with E-state index in [4.69, 9.17) is 0 Å². The summed E-state index contributed by atoms with van der Waals surface area (Å²) in [6.07, 6.45) is 4.75.